The summed E-state index contributed by atoms with van der Waals surface area (Å²) in [7, 11) is -3.06. The number of rotatable bonds is 5. The van der Waals surface area contributed by atoms with Crippen LogP contribution in [0.1, 0.15) is 25.5 Å². The van der Waals surface area contributed by atoms with Crippen molar-refractivity contribution in [3.05, 3.63) is 29.6 Å². The molecule has 0 radical (unpaired) electrons. The Morgan fingerprint density at radius 1 is 1.39 bits per heavy atom. The van der Waals surface area contributed by atoms with E-state index in [0.29, 0.717) is 5.56 Å². The molecule has 2 unspecified atom stereocenters. The monoisotopic (exact) mass is 275 g/mol. The number of benzene rings is 1. The molecular formula is C12H18FNO3S. The van der Waals surface area contributed by atoms with Crippen LogP contribution in [0.4, 0.5) is 4.39 Å². The molecule has 102 valence electrons. The van der Waals surface area contributed by atoms with Gasteiger partial charge in [0.2, 0.25) is 0 Å². The molecule has 1 aromatic carbocycles. The van der Waals surface area contributed by atoms with Crippen LogP contribution in [0.25, 0.3) is 0 Å². The zero-order valence-corrected chi connectivity index (χ0v) is 11.5. The zero-order valence-electron chi connectivity index (χ0n) is 10.6. The maximum Gasteiger partial charge on any atom is 0.148 e. The number of nitrogens with one attached hydrogen (secondary N) is 1. The van der Waals surface area contributed by atoms with Crippen LogP contribution in [-0.4, -0.2) is 31.6 Å². The number of hydrogen-bond acceptors (Lipinski definition) is 4. The minimum Gasteiger partial charge on any atom is -0.508 e. The summed E-state index contributed by atoms with van der Waals surface area (Å²) in [5, 5.41) is 12.1. The Morgan fingerprint density at radius 2 is 2.00 bits per heavy atom. The van der Waals surface area contributed by atoms with Gasteiger partial charge in [-0.2, -0.15) is 0 Å². The van der Waals surface area contributed by atoms with Crippen molar-refractivity contribution in [2.45, 2.75) is 25.9 Å². The van der Waals surface area contributed by atoms with Crippen molar-refractivity contribution in [3.8, 4) is 5.75 Å². The highest BCUT2D eigenvalue weighted by Gasteiger charge is 2.16. The smallest absolute Gasteiger partial charge is 0.148 e. The van der Waals surface area contributed by atoms with Gasteiger partial charge in [-0.15, -0.1) is 0 Å². The van der Waals surface area contributed by atoms with Gasteiger partial charge in [-0.3, -0.25) is 0 Å². The van der Waals surface area contributed by atoms with Gasteiger partial charge >= 0.3 is 0 Å². The van der Waals surface area contributed by atoms with E-state index in [1.165, 1.54) is 12.1 Å². The number of phenolic OH excluding ortho intramolecular Hbond substituents is 1. The van der Waals surface area contributed by atoms with E-state index < -0.39 is 15.7 Å². The van der Waals surface area contributed by atoms with Crippen LogP contribution in [-0.2, 0) is 9.84 Å². The van der Waals surface area contributed by atoms with E-state index in [1.807, 2.05) is 0 Å². The molecule has 18 heavy (non-hydrogen) atoms. The number of hydrogen-bond donors (Lipinski definition) is 2. The Kier molecular flexibility index (Phi) is 4.70. The molecule has 0 saturated heterocycles. The molecule has 4 nitrogen and oxygen atoms in total. The normalized spacial score (nSPS) is 15.3. The summed E-state index contributed by atoms with van der Waals surface area (Å²) in [6.45, 7) is 3.48. The maximum atomic E-state index is 13.6. The van der Waals surface area contributed by atoms with Crippen molar-refractivity contribution in [2.75, 3.05) is 12.0 Å². The second-order valence-electron chi connectivity index (χ2n) is 4.59. The quantitative estimate of drug-likeness (QED) is 0.857. The van der Waals surface area contributed by atoms with Crippen molar-refractivity contribution < 1.29 is 17.9 Å². The van der Waals surface area contributed by atoms with E-state index in [2.05, 4.69) is 5.32 Å². The summed E-state index contributed by atoms with van der Waals surface area (Å²) in [5.74, 6) is -0.647. The molecule has 0 aliphatic carbocycles. The molecule has 0 fully saturated rings. The third kappa shape index (κ3) is 4.62. The van der Waals surface area contributed by atoms with Gasteiger partial charge in [-0.1, -0.05) is 6.07 Å². The number of aromatic hydroxyl groups is 1. The van der Waals surface area contributed by atoms with Crippen molar-refractivity contribution >= 4 is 9.84 Å². The van der Waals surface area contributed by atoms with Gasteiger partial charge in [0, 0.05) is 30.0 Å². The first kappa shape index (κ1) is 14.9. The van der Waals surface area contributed by atoms with E-state index in [-0.39, 0.29) is 23.6 Å². The first-order valence-electron chi connectivity index (χ1n) is 5.61. The van der Waals surface area contributed by atoms with Gasteiger partial charge in [-0.25, -0.2) is 12.8 Å². The molecule has 0 bridgehead atoms. The van der Waals surface area contributed by atoms with Gasteiger partial charge in [0.25, 0.3) is 0 Å². The average molecular weight is 275 g/mol. The second-order valence-corrected chi connectivity index (χ2v) is 6.77. The van der Waals surface area contributed by atoms with Crippen LogP contribution in [0.3, 0.4) is 0 Å². The predicted octanol–water partition coefficient (Wildman–Crippen LogP) is 1.61. The molecule has 0 aromatic heterocycles. The standard InChI is InChI=1S/C12H18FNO3S/c1-8(7-18(3,16)17)14-9(2)11-5-4-10(15)6-12(11)13/h4-6,8-9,14-15H,7H2,1-3H3. The first-order valence-corrected chi connectivity index (χ1v) is 7.67. The van der Waals surface area contributed by atoms with Crippen LogP contribution in [0.2, 0.25) is 0 Å². The molecule has 0 amide bonds. The van der Waals surface area contributed by atoms with E-state index >= 15 is 0 Å². The molecule has 0 saturated carbocycles. The van der Waals surface area contributed by atoms with Gasteiger partial charge < -0.3 is 10.4 Å². The second kappa shape index (κ2) is 5.67. The number of sulfone groups is 1. The highest BCUT2D eigenvalue weighted by molar-refractivity contribution is 7.90. The Morgan fingerprint density at radius 3 is 2.50 bits per heavy atom. The SMILES string of the molecule is CC(CS(C)(=O)=O)NC(C)c1ccc(O)cc1F. The zero-order chi connectivity index (χ0) is 13.9. The van der Waals surface area contributed by atoms with Gasteiger partial charge in [0.05, 0.1) is 5.75 Å². The largest absolute Gasteiger partial charge is 0.508 e. The topological polar surface area (TPSA) is 66.4 Å². The van der Waals surface area contributed by atoms with Crippen LogP contribution in [0.5, 0.6) is 5.75 Å². The van der Waals surface area contributed by atoms with E-state index in [4.69, 9.17) is 5.11 Å². The Labute approximate surface area is 107 Å². The van der Waals surface area contributed by atoms with E-state index in [9.17, 15) is 12.8 Å². The molecule has 0 heterocycles. The average Bonchev–Trinajstić information content (AvgIpc) is 2.13. The van der Waals surface area contributed by atoms with Crippen molar-refractivity contribution in [2.24, 2.45) is 0 Å². The van der Waals surface area contributed by atoms with E-state index in [0.717, 1.165) is 12.3 Å². The summed E-state index contributed by atoms with van der Waals surface area (Å²) in [6, 6.07) is 3.31. The third-order valence-electron chi connectivity index (χ3n) is 2.54. The van der Waals surface area contributed by atoms with Crippen LogP contribution < -0.4 is 5.32 Å². The fraction of sp³-hybridized carbons (Fsp3) is 0.500. The molecule has 0 spiro atoms. The molecule has 2 N–H and O–H groups in total. The molecular weight excluding hydrogens is 257 g/mol. The molecule has 0 aliphatic rings. The highest BCUT2D eigenvalue weighted by Crippen LogP contribution is 2.21. The summed E-state index contributed by atoms with van der Waals surface area (Å²) in [4.78, 5) is 0. The van der Waals surface area contributed by atoms with Crippen LogP contribution >= 0.6 is 0 Å². The molecule has 2 atom stereocenters. The third-order valence-corrected chi connectivity index (χ3v) is 3.64. The lowest BCUT2D eigenvalue weighted by atomic mass is 10.1. The lowest BCUT2D eigenvalue weighted by molar-refractivity contribution is 0.457. The summed E-state index contributed by atoms with van der Waals surface area (Å²) >= 11 is 0. The Balaban J connectivity index is 2.73. The van der Waals surface area contributed by atoms with Crippen LogP contribution in [0, 0.1) is 5.82 Å². The molecule has 1 rings (SSSR count). The summed E-state index contributed by atoms with van der Waals surface area (Å²) < 4.78 is 35.8. The Bertz CT molecular complexity index is 516. The fourth-order valence-corrected chi connectivity index (χ4v) is 2.89. The lowest BCUT2D eigenvalue weighted by Crippen LogP contribution is -2.34. The predicted molar refractivity (Wildman–Crippen MR) is 68.8 cm³/mol. The van der Waals surface area contributed by atoms with Gasteiger partial charge in [0.15, 0.2) is 0 Å². The lowest BCUT2D eigenvalue weighted by Gasteiger charge is -2.20. The minimum absolute atomic E-state index is 0.00293. The van der Waals surface area contributed by atoms with E-state index in [1.54, 1.807) is 13.8 Å². The molecule has 0 aliphatic heterocycles. The van der Waals surface area contributed by atoms with Crippen molar-refractivity contribution in [3.63, 3.8) is 0 Å². The highest BCUT2D eigenvalue weighted by atomic mass is 32.2. The summed E-state index contributed by atoms with van der Waals surface area (Å²) in [5.41, 5.74) is 0.396. The first-order chi connectivity index (χ1) is 8.19. The molecule has 1 aromatic rings. The Hall–Kier alpha value is -1.14. The fourth-order valence-electron chi connectivity index (χ4n) is 1.89. The number of halogens is 1. The van der Waals surface area contributed by atoms with Crippen molar-refractivity contribution in [1.29, 1.82) is 0 Å². The number of phenols is 1. The van der Waals surface area contributed by atoms with Crippen LogP contribution in [0.15, 0.2) is 18.2 Å². The minimum atomic E-state index is -3.06. The van der Waals surface area contributed by atoms with Gasteiger partial charge in [0.1, 0.15) is 21.4 Å². The molecule has 6 heteroatoms. The summed E-state index contributed by atoms with van der Waals surface area (Å²) in [6.07, 6.45) is 1.16. The maximum absolute atomic E-state index is 13.6. The van der Waals surface area contributed by atoms with Gasteiger partial charge in [-0.05, 0) is 19.9 Å². The van der Waals surface area contributed by atoms with Crippen molar-refractivity contribution in [1.82, 2.24) is 5.32 Å².